The highest BCUT2D eigenvalue weighted by atomic mass is 16.5. The molecule has 0 amide bonds. The molecule has 14 heavy (non-hydrogen) atoms. The quantitative estimate of drug-likeness (QED) is 0.571. The van der Waals surface area contributed by atoms with Crippen LogP contribution in [-0.4, -0.2) is 51.3 Å². The van der Waals surface area contributed by atoms with E-state index >= 15 is 0 Å². The summed E-state index contributed by atoms with van der Waals surface area (Å²) < 4.78 is 4.97. The standard InChI is InChI=1S/C11H26N2O/c1-11(2)13(3)9-5-7-12-8-6-10-14-4/h11-12H,5-10H2,1-4H3. The molecule has 0 heterocycles. The Balaban J connectivity index is 3.06. The Morgan fingerprint density at radius 1 is 1.21 bits per heavy atom. The summed E-state index contributed by atoms with van der Waals surface area (Å²) in [5.41, 5.74) is 0. The van der Waals surface area contributed by atoms with Crippen LogP contribution in [0.5, 0.6) is 0 Å². The van der Waals surface area contributed by atoms with Crippen LogP contribution in [0.2, 0.25) is 0 Å². The highest BCUT2D eigenvalue weighted by molar-refractivity contribution is 4.58. The molecule has 0 spiro atoms. The van der Waals surface area contributed by atoms with E-state index in [0.29, 0.717) is 6.04 Å². The summed E-state index contributed by atoms with van der Waals surface area (Å²) in [6, 6.07) is 0.656. The Morgan fingerprint density at radius 3 is 2.43 bits per heavy atom. The van der Waals surface area contributed by atoms with Crippen LogP contribution in [0.25, 0.3) is 0 Å². The molecular weight excluding hydrogens is 176 g/mol. The van der Waals surface area contributed by atoms with Gasteiger partial charge in [-0.05, 0) is 53.4 Å². The van der Waals surface area contributed by atoms with Crippen molar-refractivity contribution in [1.82, 2.24) is 10.2 Å². The van der Waals surface area contributed by atoms with Gasteiger partial charge in [0.2, 0.25) is 0 Å². The van der Waals surface area contributed by atoms with Gasteiger partial charge >= 0.3 is 0 Å². The van der Waals surface area contributed by atoms with E-state index in [2.05, 4.69) is 31.1 Å². The summed E-state index contributed by atoms with van der Waals surface area (Å²) >= 11 is 0. The number of rotatable bonds is 9. The summed E-state index contributed by atoms with van der Waals surface area (Å²) in [5, 5.41) is 3.41. The largest absolute Gasteiger partial charge is 0.385 e. The van der Waals surface area contributed by atoms with Crippen LogP contribution < -0.4 is 5.32 Å². The van der Waals surface area contributed by atoms with Crippen LogP contribution in [0.15, 0.2) is 0 Å². The second-order valence-corrected chi connectivity index (χ2v) is 4.02. The Kier molecular flexibility index (Phi) is 9.35. The smallest absolute Gasteiger partial charge is 0.0474 e. The summed E-state index contributed by atoms with van der Waals surface area (Å²) in [6.45, 7) is 8.67. The van der Waals surface area contributed by atoms with Gasteiger partial charge in [0.15, 0.2) is 0 Å². The van der Waals surface area contributed by atoms with E-state index in [-0.39, 0.29) is 0 Å². The number of ether oxygens (including phenoxy) is 1. The number of methoxy groups -OCH3 is 1. The summed E-state index contributed by atoms with van der Waals surface area (Å²) in [7, 11) is 3.92. The summed E-state index contributed by atoms with van der Waals surface area (Å²) in [4.78, 5) is 2.37. The fraction of sp³-hybridized carbons (Fsp3) is 1.00. The fourth-order valence-corrected chi connectivity index (χ4v) is 1.18. The molecule has 0 unspecified atom stereocenters. The van der Waals surface area contributed by atoms with Crippen LogP contribution in [-0.2, 0) is 4.74 Å². The molecule has 0 aliphatic carbocycles. The molecule has 0 atom stereocenters. The van der Waals surface area contributed by atoms with Gasteiger partial charge in [-0.15, -0.1) is 0 Å². The maximum atomic E-state index is 4.97. The number of hydrogen-bond donors (Lipinski definition) is 1. The molecule has 0 saturated heterocycles. The van der Waals surface area contributed by atoms with Crippen molar-refractivity contribution < 1.29 is 4.74 Å². The van der Waals surface area contributed by atoms with Crippen molar-refractivity contribution in [3.05, 3.63) is 0 Å². The molecule has 0 fully saturated rings. The zero-order chi connectivity index (χ0) is 10.8. The molecular formula is C11H26N2O. The van der Waals surface area contributed by atoms with Crippen LogP contribution in [0, 0.1) is 0 Å². The van der Waals surface area contributed by atoms with E-state index in [1.807, 2.05) is 0 Å². The van der Waals surface area contributed by atoms with E-state index in [9.17, 15) is 0 Å². The Morgan fingerprint density at radius 2 is 1.86 bits per heavy atom. The zero-order valence-electron chi connectivity index (χ0n) is 10.2. The average molecular weight is 202 g/mol. The van der Waals surface area contributed by atoms with Crippen molar-refractivity contribution in [2.75, 3.05) is 40.4 Å². The van der Waals surface area contributed by atoms with Crippen molar-refractivity contribution in [2.24, 2.45) is 0 Å². The first-order valence-electron chi connectivity index (χ1n) is 5.58. The predicted molar refractivity (Wildman–Crippen MR) is 61.7 cm³/mol. The molecule has 0 rings (SSSR count). The van der Waals surface area contributed by atoms with Gasteiger partial charge in [0, 0.05) is 19.8 Å². The van der Waals surface area contributed by atoms with Gasteiger partial charge in [-0.1, -0.05) is 0 Å². The summed E-state index contributed by atoms with van der Waals surface area (Å²) in [5.74, 6) is 0. The van der Waals surface area contributed by atoms with Gasteiger partial charge in [-0.3, -0.25) is 0 Å². The third kappa shape index (κ3) is 8.48. The van der Waals surface area contributed by atoms with Gasteiger partial charge < -0.3 is 15.0 Å². The van der Waals surface area contributed by atoms with Crippen molar-refractivity contribution in [1.29, 1.82) is 0 Å². The minimum Gasteiger partial charge on any atom is -0.385 e. The van der Waals surface area contributed by atoms with Crippen LogP contribution in [0.1, 0.15) is 26.7 Å². The minimum absolute atomic E-state index is 0.656. The zero-order valence-corrected chi connectivity index (χ0v) is 10.2. The van der Waals surface area contributed by atoms with Crippen LogP contribution in [0.4, 0.5) is 0 Å². The van der Waals surface area contributed by atoms with E-state index in [4.69, 9.17) is 4.74 Å². The molecule has 0 aromatic heterocycles. The number of hydrogen-bond acceptors (Lipinski definition) is 3. The first kappa shape index (κ1) is 13.9. The number of nitrogens with zero attached hydrogens (tertiary/aromatic N) is 1. The van der Waals surface area contributed by atoms with Crippen molar-refractivity contribution in [3.8, 4) is 0 Å². The van der Waals surface area contributed by atoms with E-state index < -0.39 is 0 Å². The SMILES string of the molecule is COCCCNCCCN(C)C(C)C. The normalized spacial score (nSPS) is 11.6. The molecule has 0 aliphatic rings. The Bertz CT molecular complexity index is 118. The number of nitrogens with one attached hydrogen (secondary N) is 1. The molecule has 86 valence electrons. The molecule has 0 aromatic rings. The molecule has 0 aromatic carbocycles. The average Bonchev–Trinajstić information content (AvgIpc) is 2.16. The van der Waals surface area contributed by atoms with Crippen LogP contribution in [0.3, 0.4) is 0 Å². The van der Waals surface area contributed by atoms with Crippen molar-refractivity contribution in [2.45, 2.75) is 32.7 Å². The van der Waals surface area contributed by atoms with Gasteiger partial charge in [0.1, 0.15) is 0 Å². The van der Waals surface area contributed by atoms with Crippen LogP contribution >= 0.6 is 0 Å². The monoisotopic (exact) mass is 202 g/mol. The lowest BCUT2D eigenvalue weighted by Gasteiger charge is -2.20. The molecule has 3 heteroatoms. The van der Waals surface area contributed by atoms with E-state index in [1.165, 1.54) is 13.0 Å². The third-order valence-electron chi connectivity index (χ3n) is 2.45. The van der Waals surface area contributed by atoms with Gasteiger partial charge in [-0.2, -0.15) is 0 Å². The molecule has 0 radical (unpaired) electrons. The van der Waals surface area contributed by atoms with Crippen molar-refractivity contribution in [3.63, 3.8) is 0 Å². The Hall–Kier alpha value is -0.120. The second-order valence-electron chi connectivity index (χ2n) is 4.02. The maximum Gasteiger partial charge on any atom is 0.0474 e. The maximum absolute atomic E-state index is 4.97. The fourth-order valence-electron chi connectivity index (χ4n) is 1.18. The lowest BCUT2D eigenvalue weighted by molar-refractivity contribution is 0.194. The van der Waals surface area contributed by atoms with Gasteiger partial charge in [-0.25, -0.2) is 0 Å². The highest BCUT2D eigenvalue weighted by Crippen LogP contribution is 1.93. The highest BCUT2D eigenvalue weighted by Gasteiger charge is 2.00. The molecule has 3 nitrogen and oxygen atoms in total. The molecule has 0 bridgehead atoms. The first-order chi connectivity index (χ1) is 6.68. The summed E-state index contributed by atoms with van der Waals surface area (Å²) in [6.07, 6.45) is 2.33. The van der Waals surface area contributed by atoms with Gasteiger partial charge in [0.25, 0.3) is 0 Å². The predicted octanol–water partition coefficient (Wildman–Crippen LogP) is 1.34. The lowest BCUT2D eigenvalue weighted by Crippen LogP contribution is -2.29. The lowest BCUT2D eigenvalue weighted by atomic mass is 10.3. The second kappa shape index (κ2) is 9.44. The van der Waals surface area contributed by atoms with E-state index in [0.717, 1.165) is 26.1 Å². The Labute approximate surface area is 88.8 Å². The minimum atomic E-state index is 0.656. The first-order valence-corrected chi connectivity index (χ1v) is 5.58. The topological polar surface area (TPSA) is 24.5 Å². The van der Waals surface area contributed by atoms with Gasteiger partial charge in [0.05, 0.1) is 0 Å². The molecule has 1 N–H and O–H groups in total. The molecule has 0 aliphatic heterocycles. The third-order valence-corrected chi connectivity index (χ3v) is 2.45. The van der Waals surface area contributed by atoms with E-state index in [1.54, 1.807) is 7.11 Å². The van der Waals surface area contributed by atoms with Crippen molar-refractivity contribution >= 4 is 0 Å². The molecule has 0 saturated carbocycles.